The monoisotopic (exact) mass is 198 g/mol. The highest BCUT2D eigenvalue weighted by Crippen LogP contribution is 2.16. The van der Waals surface area contributed by atoms with E-state index in [0.29, 0.717) is 6.04 Å². The van der Waals surface area contributed by atoms with Gasteiger partial charge in [0.1, 0.15) is 0 Å². The molecule has 0 spiro atoms. The van der Waals surface area contributed by atoms with Gasteiger partial charge in [-0.15, -0.1) is 0 Å². The summed E-state index contributed by atoms with van der Waals surface area (Å²) in [6, 6.07) is 0.683. The lowest BCUT2D eigenvalue weighted by molar-refractivity contribution is -0.124. The smallest absolute Gasteiger partial charge is 0.222 e. The van der Waals surface area contributed by atoms with Crippen molar-refractivity contribution < 1.29 is 4.79 Å². The normalized spacial score (nSPS) is 23.0. The van der Waals surface area contributed by atoms with Gasteiger partial charge in [-0.3, -0.25) is 4.79 Å². The quantitative estimate of drug-likeness (QED) is 0.737. The van der Waals surface area contributed by atoms with E-state index in [1.165, 1.54) is 19.4 Å². The van der Waals surface area contributed by atoms with E-state index in [0.717, 1.165) is 13.0 Å². The Labute approximate surface area is 86.9 Å². The van der Waals surface area contributed by atoms with Crippen molar-refractivity contribution in [2.24, 2.45) is 5.92 Å². The minimum absolute atomic E-state index is 0.108. The molecule has 82 valence electrons. The maximum absolute atomic E-state index is 11.3. The molecule has 0 aromatic heterocycles. The van der Waals surface area contributed by atoms with Crippen LogP contribution in [-0.2, 0) is 4.79 Å². The number of carbonyl (C=O) groups excluding carboxylic acids is 1. The molecule has 1 atom stereocenters. The largest absolute Gasteiger partial charge is 0.356 e. The Morgan fingerprint density at radius 1 is 1.57 bits per heavy atom. The molecule has 1 unspecified atom stereocenters. The third-order valence-corrected chi connectivity index (χ3v) is 2.97. The van der Waals surface area contributed by atoms with Crippen LogP contribution in [0.15, 0.2) is 0 Å². The summed E-state index contributed by atoms with van der Waals surface area (Å²) < 4.78 is 0. The molecule has 1 N–H and O–H groups in total. The summed E-state index contributed by atoms with van der Waals surface area (Å²) in [7, 11) is 2.17. The van der Waals surface area contributed by atoms with Gasteiger partial charge >= 0.3 is 0 Å². The number of amides is 1. The van der Waals surface area contributed by atoms with Gasteiger partial charge in [0.2, 0.25) is 5.91 Å². The van der Waals surface area contributed by atoms with Crippen molar-refractivity contribution in [3.05, 3.63) is 0 Å². The Morgan fingerprint density at radius 3 is 2.79 bits per heavy atom. The van der Waals surface area contributed by atoms with E-state index in [4.69, 9.17) is 0 Å². The zero-order valence-corrected chi connectivity index (χ0v) is 9.55. The summed E-state index contributed by atoms with van der Waals surface area (Å²) in [6.07, 6.45) is 3.68. The van der Waals surface area contributed by atoms with Crippen molar-refractivity contribution in [3.8, 4) is 0 Å². The number of rotatable bonds is 4. The molecule has 0 aliphatic carbocycles. The van der Waals surface area contributed by atoms with E-state index < -0.39 is 0 Å². The number of hydrogen-bond donors (Lipinski definition) is 1. The fourth-order valence-electron chi connectivity index (χ4n) is 1.91. The van der Waals surface area contributed by atoms with E-state index in [1.807, 2.05) is 13.8 Å². The first-order valence-electron chi connectivity index (χ1n) is 5.59. The summed E-state index contributed by atoms with van der Waals surface area (Å²) in [6.45, 7) is 5.89. The first-order chi connectivity index (χ1) is 6.61. The summed E-state index contributed by atoms with van der Waals surface area (Å²) in [5.41, 5.74) is 0. The van der Waals surface area contributed by atoms with Crippen LogP contribution in [0.4, 0.5) is 0 Å². The van der Waals surface area contributed by atoms with Gasteiger partial charge in [-0.2, -0.15) is 0 Å². The minimum Gasteiger partial charge on any atom is -0.356 e. The lowest BCUT2D eigenvalue weighted by atomic mass is 10.1. The SMILES string of the molecule is CC(C)C(=O)NCCC1CCCN1C. The molecule has 0 aromatic rings. The molecule has 0 aromatic carbocycles. The number of nitrogens with one attached hydrogen (secondary N) is 1. The van der Waals surface area contributed by atoms with Crippen LogP contribution in [0, 0.1) is 5.92 Å². The van der Waals surface area contributed by atoms with E-state index in [1.54, 1.807) is 0 Å². The maximum atomic E-state index is 11.3. The van der Waals surface area contributed by atoms with Crippen molar-refractivity contribution >= 4 is 5.91 Å². The highest BCUT2D eigenvalue weighted by molar-refractivity contribution is 5.77. The molecule has 1 fully saturated rings. The van der Waals surface area contributed by atoms with E-state index >= 15 is 0 Å². The summed E-state index contributed by atoms with van der Waals surface area (Å²) >= 11 is 0. The molecule has 1 rings (SSSR count). The topological polar surface area (TPSA) is 32.3 Å². The molecule has 1 heterocycles. The van der Waals surface area contributed by atoms with Crippen LogP contribution in [-0.4, -0.2) is 37.0 Å². The number of carbonyl (C=O) groups is 1. The summed E-state index contributed by atoms with van der Waals surface area (Å²) in [4.78, 5) is 13.7. The number of hydrogen-bond acceptors (Lipinski definition) is 2. The van der Waals surface area contributed by atoms with Crippen LogP contribution >= 0.6 is 0 Å². The third-order valence-electron chi connectivity index (χ3n) is 2.97. The molecule has 1 amide bonds. The van der Waals surface area contributed by atoms with Gasteiger partial charge in [0.05, 0.1) is 0 Å². The minimum atomic E-state index is 0.108. The Kier molecular flexibility index (Phi) is 4.39. The number of likely N-dealkylation sites (tertiary alicyclic amines) is 1. The fourth-order valence-corrected chi connectivity index (χ4v) is 1.91. The summed E-state index contributed by atoms with van der Waals surface area (Å²) in [5.74, 6) is 0.280. The Hall–Kier alpha value is -0.570. The van der Waals surface area contributed by atoms with Crippen molar-refractivity contribution in [3.63, 3.8) is 0 Å². The number of nitrogens with zero attached hydrogens (tertiary/aromatic N) is 1. The van der Waals surface area contributed by atoms with E-state index in [-0.39, 0.29) is 11.8 Å². The highest BCUT2D eigenvalue weighted by atomic mass is 16.1. The average molecular weight is 198 g/mol. The predicted octanol–water partition coefficient (Wildman–Crippen LogP) is 1.24. The van der Waals surface area contributed by atoms with E-state index in [9.17, 15) is 4.79 Å². The molecule has 0 radical (unpaired) electrons. The summed E-state index contributed by atoms with van der Waals surface area (Å²) in [5, 5.41) is 2.96. The van der Waals surface area contributed by atoms with Crippen molar-refractivity contribution in [2.75, 3.05) is 20.1 Å². The van der Waals surface area contributed by atoms with Gasteiger partial charge < -0.3 is 10.2 Å². The van der Waals surface area contributed by atoms with E-state index in [2.05, 4.69) is 17.3 Å². The molecular weight excluding hydrogens is 176 g/mol. The first-order valence-corrected chi connectivity index (χ1v) is 5.59. The Morgan fingerprint density at radius 2 is 2.29 bits per heavy atom. The second kappa shape index (κ2) is 5.35. The molecule has 3 nitrogen and oxygen atoms in total. The van der Waals surface area contributed by atoms with Crippen LogP contribution in [0.25, 0.3) is 0 Å². The molecule has 0 saturated carbocycles. The second-order valence-corrected chi connectivity index (χ2v) is 4.51. The molecule has 1 aliphatic heterocycles. The van der Waals surface area contributed by atoms with Gasteiger partial charge in [-0.25, -0.2) is 0 Å². The van der Waals surface area contributed by atoms with Gasteiger partial charge in [0, 0.05) is 18.5 Å². The molecule has 1 aliphatic rings. The van der Waals surface area contributed by atoms with Gasteiger partial charge in [-0.05, 0) is 32.9 Å². The molecular formula is C11H22N2O. The predicted molar refractivity (Wildman–Crippen MR) is 58.1 cm³/mol. The van der Waals surface area contributed by atoms with Gasteiger partial charge in [0.25, 0.3) is 0 Å². The van der Waals surface area contributed by atoms with Crippen LogP contribution in [0.5, 0.6) is 0 Å². The standard InChI is InChI=1S/C11H22N2O/c1-9(2)11(14)12-7-6-10-5-4-8-13(10)3/h9-10H,4-8H2,1-3H3,(H,12,14). The van der Waals surface area contributed by atoms with Crippen molar-refractivity contribution in [1.82, 2.24) is 10.2 Å². The van der Waals surface area contributed by atoms with Gasteiger partial charge in [0.15, 0.2) is 0 Å². The lowest BCUT2D eigenvalue weighted by Gasteiger charge is -2.19. The maximum Gasteiger partial charge on any atom is 0.222 e. The highest BCUT2D eigenvalue weighted by Gasteiger charge is 2.20. The first kappa shape index (κ1) is 11.5. The molecule has 1 saturated heterocycles. The molecule has 3 heteroatoms. The van der Waals surface area contributed by atoms with Crippen LogP contribution < -0.4 is 5.32 Å². The average Bonchev–Trinajstić information content (AvgIpc) is 2.51. The van der Waals surface area contributed by atoms with Crippen molar-refractivity contribution in [1.29, 1.82) is 0 Å². The Balaban J connectivity index is 2.12. The zero-order chi connectivity index (χ0) is 10.6. The lowest BCUT2D eigenvalue weighted by Crippen LogP contribution is -2.33. The molecule has 0 bridgehead atoms. The van der Waals surface area contributed by atoms with Crippen LogP contribution in [0.1, 0.15) is 33.1 Å². The zero-order valence-electron chi connectivity index (χ0n) is 9.55. The second-order valence-electron chi connectivity index (χ2n) is 4.51. The molecule has 14 heavy (non-hydrogen) atoms. The van der Waals surface area contributed by atoms with Crippen LogP contribution in [0.2, 0.25) is 0 Å². The van der Waals surface area contributed by atoms with Crippen molar-refractivity contribution in [2.45, 2.75) is 39.2 Å². The van der Waals surface area contributed by atoms with Gasteiger partial charge in [-0.1, -0.05) is 13.8 Å². The third kappa shape index (κ3) is 3.29. The van der Waals surface area contributed by atoms with Crippen LogP contribution in [0.3, 0.4) is 0 Å². The Bertz CT molecular complexity index is 192. The fraction of sp³-hybridized carbons (Fsp3) is 0.909.